The van der Waals surface area contributed by atoms with Gasteiger partial charge in [-0.2, -0.15) is 5.26 Å². The van der Waals surface area contributed by atoms with Crippen LogP contribution in [0.25, 0.3) is 0 Å². The molecule has 1 heterocycles. The van der Waals surface area contributed by atoms with Gasteiger partial charge in [-0.15, -0.1) is 0 Å². The van der Waals surface area contributed by atoms with E-state index in [1.165, 1.54) is 23.9 Å². The van der Waals surface area contributed by atoms with E-state index in [1.807, 2.05) is 6.07 Å². The fraction of sp³-hybridized carbons (Fsp3) is 0.421. The van der Waals surface area contributed by atoms with E-state index in [1.54, 1.807) is 12.1 Å². The fourth-order valence-corrected chi connectivity index (χ4v) is 4.44. The Morgan fingerprint density at radius 2 is 1.92 bits per heavy atom. The lowest BCUT2D eigenvalue weighted by Gasteiger charge is -2.20. The first-order chi connectivity index (χ1) is 12.1. The number of hydrogen-bond donors (Lipinski definition) is 1. The predicted molar refractivity (Wildman–Crippen MR) is 93.8 cm³/mol. The number of nitrogens with one attached hydrogen (secondary N) is 1. The molecule has 4 nitrogen and oxygen atoms in total. The van der Waals surface area contributed by atoms with Crippen molar-refractivity contribution < 1.29 is 14.0 Å². The molecule has 2 fully saturated rings. The zero-order valence-electron chi connectivity index (χ0n) is 13.8. The molecule has 1 amide bonds. The third-order valence-electron chi connectivity index (χ3n) is 4.68. The maximum atomic E-state index is 13.0. The van der Waals surface area contributed by atoms with Crippen molar-refractivity contribution in [1.29, 1.82) is 5.26 Å². The number of amides is 1. The number of Topliss-reactive ketones (excluding diaryl/α,β-unsaturated/α-hetero) is 1. The summed E-state index contributed by atoms with van der Waals surface area (Å²) in [5, 5.41) is 12.1. The van der Waals surface area contributed by atoms with Gasteiger partial charge in [-0.3, -0.25) is 9.59 Å². The first-order valence-electron chi connectivity index (χ1n) is 8.49. The molecule has 1 aromatic carbocycles. The SMILES string of the molecule is N#C/C(C(=O)C1CCCCC1)=C1/NC(=O)[C@H](Cc2ccc(F)cc2)S1. The molecule has 1 N–H and O–H groups in total. The van der Waals surface area contributed by atoms with E-state index in [2.05, 4.69) is 5.32 Å². The molecule has 1 saturated heterocycles. The van der Waals surface area contributed by atoms with Gasteiger partial charge in [0, 0.05) is 5.92 Å². The lowest BCUT2D eigenvalue weighted by molar-refractivity contribution is -0.119. The number of thioether (sulfide) groups is 1. The van der Waals surface area contributed by atoms with Gasteiger partial charge in [0.1, 0.15) is 17.5 Å². The van der Waals surface area contributed by atoms with Gasteiger partial charge >= 0.3 is 0 Å². The molecule has 1 aromatic rings. The van der Waals surface area contributed by atoms with Crippen molar-refractivity contribution in [3.8, 4) is 6.07 Å². The maximum Gasteiger partial charge on any atom is 0.238 e. The van der Waals surface area contributed by atoms with Crippen molar-refractivity contribution in [3.63, 3.8) is 0 Å². The Morgan fingerprint density at radius 1 is 1.24 bits per heavy atom. The highest BCUT2D eigenvalue weighted by Crippen LogP contribution is 2.34. The number of rotatable bonds is 4. The molecule has 0 unspecified atom stereocenters. The molecular weight excluding hydrogens is 339 g/mol. The summed E-state index contributed by atoms with van der Waals surface area (Å²) in [5.74, 6) is -0.789. The topological polar surface area (TPSA) is 70.0 Å². The van der Waals surface area contributed by atoms with Gasteiger partial charge < -0.3 is 5.32 Å². The summed E-state index contributed by atoms with van der Waals surface area (Å²) in [4.78, 5) is 24.9. The number of hydrogen-bond acceptors (Lipinski definition) is 4. The summed E-state index contributed by atoms with van der Waals surface area (Å²) in [6.45, 7) is 0. The van der Waals surface area contributed by atoms with Crippen LogP contribution in [0.2, 0.25) is 0 Å². The molecule has 1 saturated carbocycles. The molecular formula is C19H19FN2O2S. The van der Waals surface area contributed by atoms with E-state index in [4.69, 9.17) is 0 Å². The standard InChI is InChI=1S/C19H19FN2O2S/c20-14-8-6-12(7-9-14)10-16-18(24)22-19(25-16)15(11-21)17(23)13-4-2-1-3-5-13/h6-9,13,16H,1-5,10H2,(H,22,24)/b19-15+/t16-/m0/s1. The quantitative estimate of drug-likeness (QED) is 0.661. The van der Waals surface area contributed by atoms with Crippen molar-refractivity contribution in [3.05, 3.63) is 46.2 Å². The molecule has 25 heavy (non-hydrogen) atoms. The number of halogens is 1. The van der Waals surface area contributed by atoms with Crippen LogP contribution >= 0.6 is 11.8 Å². The van der Waals surface area contributed by atoms with Crippen LogP contribution in [0.15, 0.2) is 34.9 Å². The second kappa shape index (κ2) is 7.83. The highest BCUT2D eigenvalue weighted by atomic mass is 32.2. The zero-order chi connectivity index (χ0) is 17.8. The number of carbonyl (C=O) groups excluding carboxylic acids is 2. The van der Waals surface area contributed by atoms with E-state index < -0.39 is 5.25 Å². The number of carbonyl (C=O) groups is 2. The second-order valence-corrected chi connectivity index (χ2v) is 7.65. The minimum absolute atomic E-state index is 0.0758. The average Bonchev–Trinajstić information content (AvgIpc) is 2.98. The highest BCUT2D eigenvalue weighted by Gasteiger charge is 2.34. The molecule has 0 aromatic heterocycles. The molecule has 0 radical (unpaired) electrons. The van der Waals surface area contributed by atoms with Gasteiger partial charge in [-0.25, -0.2) is 4.39 Å². The molecule has 1 aliphatic carbocycles. The van der Waals surface area contributed by atoms with Crippen molar-refractivity contribution in [2.24, 2.45) is 5.92 Å². The number of nitrogens with zero attached hydrogens (tertiary/aromatic N) is 1. The molecule has 0 spiro atoms. The van der Waals surface area contributed by atoms with E-state index in [0.717, 1.165) is 37.7 Å². The normalized spacial score (nSPS) is 23.0. The summed E-state index contributed by atoms with van der Waals surface area (Å²) >= 11 is 1.22. The van der Waals surface area contributed by atoms with Crippen LogP contribution in [0.4, 0.5) is 4.39 Å². The Labute approximate surface area is 150 Å². The smallest absolute Gasteiger partial charge is 0.238 e. The largest absolute Gasteiger partial charge is 0.318 e. The van der Waals surface area contributed by atoms with E-state index >= 15 is 0 Å². The third kappa shape index (κ3) is 4.10. The Hall–Kier alpha value is -2.13. The first-order valence-corrected chi connectivity index (χ1v) is 9.37. The zero-order valence-corrected chi connectivity index (χ0v) is 14.6. The number of ketones is 1. The van der Waals surface area contributed by atoms with E-state index in [9.17, 15) is 19.2 Å². The number of allylic oxidation sites excluding steroid dienone is 1. The van der Waals surface area contributed by atoms with Crippen LogP contribution in [0, 0.1) is 23.1 Å². The molecule has 1 atom stereocenters. The van der Waals surface area contributed by atoms with Crippen molar-refractivity contribution in [2.45, 2.75) is 43.8 Å². The Kier molecular flexibility index (Phi) is 5.54. The maximum absolute atomic E-state index is 13.0. The summed E-state index contributed by atoms with van der Waals surface area (Å²) in [6.07, 6.45) is 5.21. The lowest BCUT2D eigenvalue weighted by atomic mass is 9.84. The van der Waals surface area contributed by atoms with Crippen LogP contribution in [0.1, 0.15) is 37.7 Å². The number of nitriles is 1. The van der Waals surface area contributed by atoms with E-state index in [-0.39, 0.29) is 29.0 Å². The van der Waals surface area contributed by atoms with Gasteiger partial charge in [0.05, 0.1) is 10.3 Å². The van der Waals surface area contributed by atoms with Crippen LogP contribution in [-0.2, 0) is 16.0 Å². The van der Waals surface area contributed by atoms with Gasteiger partial charge in [-0.1, -0.05) is 43.2 Å². The van der Waals surface area contributed by atoms with Gasteiger partial charge in [0.25, 0.3) is 0 Å². The average molecular weight is 358 g/mol. The third-order valence-corrected chi connectivity index (χ3v) is 5.89. The Morgan fingerprint density at radius 3 is 2.56 bits per heavy atom. The molecule has 6 heteroatoms. The van der Waals surface area contributed by atoms with Crippen LogP contribution in [-0.4, -0.2) is 16.9 Å². The lowest BCUT2D eigenvalue weighted by Crippen LogP contribution is -2.25. The summed E-state index contributed by atoms with van der Waals surface area (Å²) in [6, 6.07) is 8.00. The number of benzene rings is 1. The summed E-state index contributed by atoms with van der Waals surface area (Å²) in [7, 11) is 0. The summed E-state index contributed by atoms with van der Waals surface area (Å²) in [5.41, 5.74) is 0.916. The highest BCUT2D eigenvalue weighted by molar-refractivity contribution is 8.04. The molecule has 2 aliphatic rings. The van der Waals surface area contributed by atoms with Crippen LogP contribution in [0.5, 0.6) is 0 Å². The van der Waals surface area contributed by atoms with Crippen molar-refractivity contribution in [1.82, 2.24) is 5.32 Å². The Bertz CT molecular complexity index is 746. The van der Waals surface area contributed by atoms with E-state index in [0.29, 0.717) is 11.4 Å². The minimum atomic E-state index is -0.414. The van der Waals surface area contributed by atoms with Crippen LogP contribution < -0.4 is 5.32 Å². The molecule has 0 bridgehead atoms. The fourth-order valence-electron chi connectivity index (χ4n) is 3.29. The van der Waals surface area contributed by atoms with Gasteiger partial charge in [0.15, 0.2) is 5.78 Å². The monoisotopic (exact) mass is 358 g/mol. The Balaban J connectivity index is 1.74. The predicted octanol–water partition coefficient (Wildman–Crippen LogP) is 3.48. The van der Waals surface area contributed by atoms with Gasteiger partial charge in [0.2, 0.25) is 5.91 Å². The molecule has 1 aliphatic heterocycles. The van der Waals surface area contributed by atoms with Crippen molar-refractivity contribution >= 4 is 23.5 Å². The van der Waals surface area contributed by atoms with Crippen molar-refractivity contribution in [2.75, 3.05) is 0 Å². The van der Waals surface area contributed by atoms with Gasteiger partial charge in [-0.05, 0) is 37.0 Å². The molecule has 130 valence electrons. The molecule has 3 rings (SSSR count). The van der Waals surface area contributed by atoms with Crippen LogP contribution in [0.3, 0.4) is 0 Å². The minimum Gasteiger partial charge on any atom is -0.318 e. The second-order valence-electron chi connectivity index (χ2n) is 6.44. The summed E-state index contributed by atoms with van der Waals surface area (Å²) < 4.78 is 13.0. The first kappa shape index (κ1) is 17.7.